The minimum absolute atomic E-state index is 0.684. The van der Waals surface area contributed by atoms with Crippen LogP contribution in [0.2, 0.25) is 0 Å². The molecule has 0 fully saturated rings. The lowest BCUT2D eigenvalue weighted by molar-refractivity contribution is 0.408. The summed E-state index contributed by atoms with van der Waals surface area (Å²) in [7, 11) is 1.68. The fraction of sp³-hybridized carbons (Fsp3) is 0.300. The molecule has 1 aromatic heterocycles. The van der Waals surface area contributed by atoms with Crippen LogP contribution in [0.3, 0.4) is 0 Å². The first kappa shape index (κ1) is 10.8. The first-order valence-corrected chi connectivity index (χ1v) is 5.55. The lowest BCUT2D eigenvalue weighted by Gasteiger charge is -2.11. The second kappa shape index (κ2) is 4.44. The number of benzene rings is 1. The summed E-state index contributed by atoms with van der Waals surface area (Å²) < 4.78 is 8.99. The summed E-state index contributed by atoms with van der Waals surface area (Å²) in [6.45, 7) is 4.02. The molecule has 1 aromatic carbocycles. The van der Waals surface area contributed by atoms with E-state index in [-0.39, 0.29) is 0 Å². The van der Waals surface area contributed by atoms with Crippen molar-refractivity contribution in [3.05, 3.63) is 23.3 Å². The molecule has 5 nitrogen and oxygen atoms in total. The summed E-state index contributed by atoms with van der Waals surface area (Å²) in [4.78, 5) is 0. The topological polar surface area (TPSA) is 59.9 Å². The van der Waals surface area contributed by atoms with Gasteiger partial charge in [0.05, 0.1) is 7.11 Å². The van der Waals surface area contributed by atoms with Gasteiger partial charge in [-0.2, -0.15) is 0 Å². The summed E-state index contributed by atoms with van der Waals surface area (Å²) in [6.07, 6.45) is 0. The molecule has 0 saturated carbocycles. The van der Waals surface area contributed by atoms with Crippen LogP contribution in [0.15, 0.2) is 12.1 Å². The van der Waals surface area contributed by atoms with E-state index in [0.29, 0.717) is 5.13 Å². The number of rotatable bonds is 3. The number of methoxy groups -OCH3 is 1. The van der Waals surface area contributed by atoms with Gasteiger partial charge in [-0.05, 0) is 42.3 Å². The summed E-state index contributed by atoms with van der Waals surface area (Å²) in [6, 6.07) is 4.01. The molecular formula is C10H12N4OS. The molecule has 1 heterocycles. The molecule has 6 heteroatoms. The number of hydrogen-bond donors (Lipinski definition) is 1. The molecular weight excluding hydrogens is 224 g/mol. The molecule has 2 aromatic rings. The van der Waals surface area contributed by atoms with Gasteiger partial charge in [0.15, 0.2) is 0 Å². The van der Waals surface area contributed by atoms with Gasteiger partial charge in [-0.15, -0.1) is 0 Å². The number of nitrogens with one attached hydrogen (secondary N) is 1. The molecule has 2 rings (SSSR count). The van der Waals surface area contributed by atoms with Crippen molar-refractivity contribution in [2.24, 2.45) is 0 Å². The number of hydrogen-bond acceptors (Lipinski definition) is 6. The third-order valence-corrected chi connectivity index (χ3v) is 2.73. The standard InChI is InChI=1S/C10H12N4OS/c1-6-4-8(5-7(2)9(6)15-3)11-10-12-13-14-16-10/h4-5H,1-3H3,(H,11,12,14). The lowest BCUT2D eigenvalue weighted by atomic mass is 10.1. The van der Waals surface area contributed by atoms with E-state index in [1.165, 1.54) is 11.5 Å². The number of aromatic nitrogens is 3. The van der Waals surface area contributed by atoms with Crippen molar-refractivity contribution in [1.29, 1.82) is 0 Å². The zero-order valence-electron chi connectivity index (χ0n) is 9.31. The molecule has 0 unspecified atom stereocenters. The first-order chi connectivity index (χ1) is 7.70. The molecule has 0 amide bonds. The van der Waals surface area contributed by atoms with Gasteiger partial charge < -0.3 is 10.1 Å². The second-order valence-electron chi connectivity index (χ2n) is 3.44. The largest absolute Gasteiger partial charge is 0.496 e. The Labute approximate surface area is 97.6 Å². The van der Waals surface area contributed by atoms with Gasteiger partial charge in [-0.1, -0.05) is 9.59 Å². The van der Waals surface area contributed by atoms with Crippen molar-refractivity contribution in [2.45, 2.75) is 13.8 Å². The van der Waals surface area contributed by atoms with Crippen molar-refractivity contribution < 1.29 is 4.74 Å². The molecule has 0 aliphatic rings. The molecule has 84 valence electrons. The van der Waals surface area contributed by atoms with Crippen molar-refractivity contribution in [1.82, 2.24) is 14.8 Å². The molecule has 0 saturated heterocycles. The van der Waals surface area contributed by atoms with Gasteiger partial charge >= 0.3 is 0 Å². The lowest BCUT2D eigenvalue weighted by Crippen LogP contribution is -1.95. The first-order valence-electron chi connectivity index (χ1n) is 4.78. The van der Waals surface area contributed by atoms with Gasteiger partial charge in [0.1, 0.15) is 5.75 Å². The minimum atomic E-state index is 0.684. The van der Waals surface area contributed by atoms with Crippen LogP contribution in [0.1, 0.15) is 11.1 Å². The SMILES string of the molecule is COc1c(C)cc(Nc2nnns2)cc1C. The molecule has 0 spiro atoms. The maximum atomic E-state index is 5.30. The van der Waals surface area contributed by atoms with E-state index in [2.05, 4.69) is 20.1 Å². The monoisotopic (exact) mass is 236 g/mol. The fourth-order valence-corrected chi connectivity index (χ4v) is 2.04. The van der Waals surface area contributed by atoms with Crippen molar-refractivity contribution >= 4 is 22.4 Å². The quantitative estimate of drug-likeness (QED) is 0.886. The second-order valence-corrected chi connectivity index (χ2v) is 4.17. The van der Waals surface area contributed by atoms with Crippen LogP contribution in [0, 0.1) is 13.8 Å². The summed E-state index contributed by atoms with van der Waals surface area (Å²) in [5, 5.41) is 11.2. The van der Waals surface area contributed by atoms with Crippen LogP contribution >= 0.6 is 11.5 Å². The van der Waals surface area contributed by atoms with E-state index in [1.807, 2.05) is 26.0 Å². The maximum Gasteiger partial charge on any atom is 0.229 e. The summed E-state index contributed by atoms with van der Waals surface area (Å²) in [5.74, 6) is 0.918. The Balaban J connectivity index is 2.30. The predicted molar refractivity (Wildman–Crippen MR) is 63.5 cm³/mol. The third-order valence-electron chi connectivity index (χ3n) is 2.22. The Bertz CT molecular complexity index is 461. The van der Waals surface area contributed by atoms with Crippen LogP contribution < -0.4 is 10.1 Å². The van der Waals surface area contributed by atoms with Crippen molar-refractivity contribution in [2.75, 3.05) is 12.4 Å². The average molecular weight is 236 g/mol. The van der Waals surface area contributed by atoms with Crippen LogP contribution in [0.25, 0.3) is 0 Å². The smallest absolute Gasteiger partial charge is 0.229 e. The minimum Gasteiger partial charge on any atom is -0.496 e. The number of nitrogens with zero attached hydrogens (tertiary/aromatic N) is 3. The number of aryl methyl sites for hydroxylation is 2. The number of anilines is 2. The maximum absolute atomic E-state index is 5.30. The fourth-order valence-electron chi connectivity index (χ4n) is 1.65. The number of ether oxygens (including phenoxy) is 1. The molecule has 0 radical (unpaired) electrons. The average Bonchev–Trinajstić information content (AvgIpc) is 2.70. The van der Waals surface area contributed by atoms with Gasteiger partial charge in [-0.3, -0.25) is 0 Å². The normalized spacial score (nSPS) is 10.2. The molecule has 1 N–H and O–H groups in total. The summed E-state index contributed by atoms with van der Waals surface area (Å²) >= 11 is 1.22. The molecule has 0 aliphatic carbocycles. The van der Waals surface area contributed by atoms with E-state index in [0.717, 1.165) is 22.6 Å². The van der Waals surface area contributed by atoms with E-state index >= 15 is 0 Å². The Hall–Kier alpha value is -1.69. The highest BCUT2D eigenvalue weighted by Crippen LogP contribution is 2.28. The van der Waals surface area contributed by atoms with Crippen LogP contribution in [0.5, 0.6) is 5.75 Å². The third kappa shape index (κ3) is 2.11. The zero-order chi connectivity index (χ0) is 11.5. The Morgan fingerprint density at radius 3 is 2.44 bits per heavy atom. The molecule has 0 aliphatic heterocycles. The van der Waals surface area contributed by atoms with E-state index in [1.54, 1.807) is 7.11 Å². The molecule has 0 atom stereocenters. The Morgan fingerprint density at radius 2 is 1.94 bits per heavy atom. The molecule has 0 bridgehead atoms. The Morgan fingerprint density at radius 1 is 1.25 bits per heavy atom. The highest BCUT2D eigenvalue weighted by molar-refractivity contribution is 7.09. The highest BCUT2D eigenvalue weighted by atomic mass is 32.1. The highest BCUT2D eigenvalue weighted by Gasteiger charge is 2.06. The van der Waals surface area contributed by atoms with Gasteiger partial charge in [0.2, 0.25) is 5.13 Å². The van der Waals surface area contributed by atoms with Gasteiger partial charge in [-0.25, -0.2) is 0 Å². The summed E-state index contributed by atoms with van der Waals surface area (Å²) in [5.41, 5.74) is 3.14. The van der Waals surface area contributed by atoms with E-state index in [9.17, 15) is 0 Å². The van der Waals surface area contributed by atoms with E-state index in [4.69, 9.17) is 4.74 Å². The van der Waals surface area contributed by atoms with E-state index < -0.39 is 0 Å². The van der Waals surface area contributed by atoms with Gasteiger partial charge in [0.25, 0.3) is 0 Å². The van der Waals surface area contributed by atoms with Crippen molar-refractivity contribution in [3.8, 4) is 5.75 Å². The van der Waals surface area contributed by atoms with Crippen LogP contribution in [-0.4, -0.2) is 21.9 Å². The van der Waals surface area contributed by atoms with Crippen LogP contribution in [0.4, 0.5) is 10.8 Å². The zero-order valence-corrected chi connectivity index (χ0v) is 10.1. The Kier molecular flexibility index (Phi) is 3.00. The van der Waals surface area contributed by atoms with Gasteiger partial charge in [0, 0.05) is 17.2 Å². The molecule has 16 heavy (non-hydrogen) atoms. The van der Waals surface area contributed by atoms with Crippen LogP contribution in [-0.2, 0) is 0 Å². The van der Waals surface area contributed by atoms with Crippen molar-refractivity contribution in [3.63, 3.8) is 0 Å². The predicted octanol–water partition coefficient (Wildman–Crippen LogP) is 2.30.